The summed E-state index contributed by atoms with van der Waals surface area (Å²) in [5.41, 5.74) is 7.31. The summed E-state index contributed by atoms with van der Waals surface area (Å²) in [7, 11) is 0. The van der Waals surface area contributed by atoms with Crippen molar-refractivity contribution in [1.29, 1.82) is 0 Å². The summed E-state index contributed by atoms with van der Waals surface area (Å²) in [6, 6.07) is 5.05. The molecule has 2 atom stereocenters. The second-order valence-corrected chi connectivity index (χ2v) is 6.20. The first-order valence-corrected chi connectivity index (χ1v) is 7.58. The van der Waals surface area contributed by atoms with Gasteiger partial charge in [-0.05, 0) is 49.3 Å². The molecule has 3 N–H and O–H groups in total. The summed E-state index contributed by atoms with van der Waals surface area (Å²) in [4.78, 5) is 2.24. The maximum absolute atomic E-state index is 13.4. The van der Waals surface area contributed by atoms with Crippen molar-refractivity contribution in [3.05, 3.63) is 29.6 Å². The molecule has 0 saturated heterocycles. The monoisotopic (exact) mass is 278 g/mol. The number of nitrogens with zero attached hydrogens (tertiary/aromatic N) is 1. The summed E-state index contributed by atoms with van der Waals surface area (Å²) in [6.07, 6.45) is 4.85. The zero-order chi connectivity index (χ0) is 14.2. The molecule has 0 radical (unpaired) electrons. The Labute approximate surface area is 119 Å². The van der Waals surface area contributed by atoms with Crippen LogP contribution in [0.5, 0.6) is 0 Å². The number of fused-ring (bicyclic) bond motifs is 1. The molecule has 4 heteroatoms. The van der Waals surface area contributed by atoms with Crippen LogP contribution in [-0.2, 0) is 6.42 Å². The van der Waals surface area contributed by atoms with Gasteiger partial charge < -0.3 is 15.7 Å². The van der Waals surface area contributed by atoms with Gasteiger partial charge in [0.2, 0.25) is 0 Å². The Morgan fingerprint density at radius 2 is 2.30 bits per heavy atom. The lowest BCUT2D eigenvalue weighted by Crippen LogP contribution is -2.42. The first-order chi connectivity index (χ1) is 9.62. The van der Waals surface area contributed by atoms with E-state index < -0.39 is 5.60 Å². The molecule has 1 aliphatic heterocycles. The predicted molar refractivity (Wildman–Crippen MR) is 78.3 cm³/mol. The van der Waals surface area contributed by atoms with Crippen LogP contribution in [0.1, 0.15) is 31.2 Å². The molecule has 2 unspecified atom stereocenters. The fraction of sp³-hybridized carbons (Fsp3) is 0.625. The van der Waals surface area contributed by atoms with Gasteiger partial charge in [-0.1, -0.05) is 12.5 Å². The van der Waals surface area contributed by atoms with Crippen molar-refractivity contribution in [1.82, 2.24) is 0 Å². The molecule has 1 heterocycles. The van der Waals surface area contributed by atoms with E-state index in [9.17, 15) is 9.50 Å². The number of halogens is 1. The molecule has 1 saturated carbocycles. The van der Waals surface area contributed by atoms with Crippen LogP contribution in [0, 0.1) is 11.7 Å². The molecule has 1 aliphatic carbocycles. The minimum Gasteiger partial charge on any atom is -0.388 e. The average Bonchev–Trinajstić information content (AvgIpc) is 3.01. The van der Waals surface area contributed by atoms with Gasteiger partial charge in [0, 0.05) is 25.3 Å². The number of anilines is 1. The van der Waals surface area contributed by atoms with Crippen molar-refractivity contribution in [3.63, 3.8) is 0 Å². The molecule has 0 spiro atoms. The van der Waals surface area contributed by atoms with E-state index in [0.29, 0.717) is 6.54 Å². The fourth-order valence-electron chi connectivity index (χ4n) is 3.77. The van der Waals surface area contributed by atoms with Crippen molar-refractivity contribution >= 4 is 5.69 Å². The molecule has 3 rings (SSSR count). The SMILES string of the molecule is NCC1(O)CCCC1CCN1CCc2ccc(F)cc21. The summed E-state index contributed by atoms with van der Waals surface area (Å²) >= 11 is 0. The van der Waals surface area contributed by atoms with Gasteiger partial charge in [-0.2, -0.15) is 0 Å². The van der Waals surface area contributed by atoms with E-state index in [2.05, 4.69) is 4.90 Å². The van der Waals surface area contributed by atoms with Crippen LogP contribution in [0.2, 0.25) is 0 Å². The van der Waals surface area contributed by atoms with Gasteiger partial charge >= 0.3 is 0 Å². The Balaban J connectivity index is 1.65. The number of hydrogen-bond donors (Lipinski definition) is 2. The van der Waals surface area contributed by atoms with E-state index in [0.717, 1.165) is 50.9 Å². The Morgan fingerprint density at radius 1 is 1.45 bits per heavy atom. The first kappa shape index (κ1) is 13.8. The van der Waals surface area contributed by atoms with Gasteiger partial charge in [0.1, 0.15) is 5.82 Å². The number of aliphatic hydroxyl groups is 1. The predicted octanol–water partition coefficient (Wildman–Crippen LogP) is 2.07. The van der Waals surface area contributed by atoms with Crippen molar-refractivity contribution < 1.29 is 9.50 Å². The highest BCUT2D eigenvalue weighted by Crippen LogP contribution is 2.38. The van der Waals surface area contributed by atoms with Gasteiger partial charge in [0.25, 0.3) is 0 Å². The molecule has 3 nitrogen and oxygen atoms in total. The van der Waals surface area contributed by atoms with E-state index in [1.807, 2.05) is 6.07 Å². The molecule has 0 bridgehead atoms. The highest BCUT2D eigenvalue weighted by molar-refractivity contribution is 5.58. The van der Waals surface area contributed by atoms with Gasteiger partial charge in [-0.15, -0.1) is 0 Å². The normalized spacial score (nSPS) is 28.9. The molecule has 0 amide bonds. The quantitative estimate of drug-likeness (QED) is 0.886. The van der Waals surface area contributed by atoms with Crippen molar-refractivity contribution in [2.75, 3.05) is 24.5 Å². The summed E-state index contributed by atoms with van der Waals surface area (Å²) < 4.78 is 13.4. The maximum Gasteiger partial charge on any atom is 0.125 e. The van der Waals surface area contributed by atoms with Crippen LogP contribution >= 0.6 is 0 Å². The maximum atomic E-state index is 13.4. The van der Waals surface area contributed by atoms with E-state index in [1.54, 1.807) is 6.07 Å². The molecule has 20 heavy (non-hydrogen) atoms. The number of rotatable bonds is 4. The Hall–Kier alpha value is -1.13. The van der Waals surface area contributed by atoms with Crippen LogP contribution in [0.25, 0.3) is 0 Å². The molecule has 1 aromatic carbocycles. The molecule has 2 aliphatic rings. The average molecular weight is 278 g/mol. The van der Waals surface area contributed by atoms with E-state index in [-0.39, 0.29) is 11.7 Å². The Kier molecular flexibility index (Phi) is 3.69. The third-order valence-electron chi connectivity index (χ3n) is 5.06. The number of nitrogens with two attached hydrogens (primary N) is 1. The third-order valence-corrected chi connectivity index (χ3v) is 5.06. The van der Waals surface area contributed by atoms with E-state index >= 15 is 0 Å². The van der Waals surface area contributed by atoms with Crippen LogP contribution in [0.3, 0.4) is 0 Å². The summed E-state index contributed by atoms with van der Waals surface area (Å²) in [5.74, 6) is 0.111. The number of benzene rings is 1. The summed E-state index contributed by atoms with van der Waals surface area (Å²) in [5, 5.41) is 10.5. The Bertz CT molecular complexity index is 493. The lowest BCUT2D eigenvalue weighted by atomic mass is 9.88. The molecule has 0 aromatic heterocycles. The van der Waals surface area contributed by atoms with Crippen LogP contribution in [0.15, 0.2) is 18.2 Å². The number of hydrogen-bond acceptors (Lipinski definition) is 3. The van der Waals surface area contributed by atoms with Crippen LogP contribution < -0.4 is 10.6 Å². The zero-order valence-electron chi connectivity index (χ0n) is 11.8. The molecular weight excluding hydrogens is 255 g/mol. The Morgan fingerprint density at radius 3 is 3.10 bits per heavy atom. The van der Waals surface area contributed by atoms with E-state index in [4.69, 9.17) is 5.73 Å². The lowest BCUT2D eigenvalue weighted by Gasteiger charge is -2.30. The first-order valence-electron chi connectivity index (χ1n) is 7.58. The highest BCUT2D eigenvalue weighted by Gasteiger charge is 2.39. The van der Waals surface area contributed by atoms with Gasteiger partial charge in [0.15, 0.2) is 0 Å². The van der Waals surface area contributed by atoms with Crippen molar-refractivity contribution in [3.8, 4) is 0 Å². The zero-order valence-corrected chi connectivity index (χ0v) is 11.8. The highest BCUT2D eigenvalue weighted by atomic mass is 19.1. The topological polar surface area (TPSA) is 49.5 Å². The van der Waals surface area contributed by atoms with Gasteiger partial charge in [-0.3, -0.25) is 0 Å². The van der Waals surface area contributed by atoms with Gasteiger partial charge in [-0.25, -0.2) is 4.39 Å². The minimum atomic E-state index is -0.676. The van der Waals surface area contributed by atoms with Crippen LogP contribution in [0.4, 0.5) is 10.1 Å². The van der Waals surface area contributed by atoms with Crippen molar-refractivity contribution in [2.45, 2.75) is 37.7 Å². The van der Waals surface area contributed by atoms with Crippen LogP contribution in [-0.4, -0.2) is 30.3 Å². The molecule has 110 valence electrons. The standard InChI is InChI=1S/C16H23FN2O/c17-14-4-3-12-5-8-19(15(12)10-14)9-6-13-2-1-7-16(13,20)11-18/h3-4,10,13,20H,1-2,5-9,11,18H2. The molecule has 1 fully saturated rings. The van der Waals surface area contributed by atoms with Gasteiger partial charge in [0.05, 0.1) is 5.60 Å². The summed E-state index contributed by atoms with van der Waals surface area (Å²) in [6.45, 7) is 2.18. The fourth-order valence-corrected chi connectivity index (χ4v) is 3.77. The largest absolute Gasteiger partial charge is 0.388 e. The second kappa shape index (κ2) is 5.34. The molecule has 1 aromatic rings. The second-order valence-electron chi connectivity index (χ2n) is 6.20. The third kappa shape index (κ3) is 2.42. The minimum absolute atomic E-state index is 0.171. The van der Waals surface area contributed by atoms with E-state index in [1.165, 1.54) is 11.6 Å². The smallest absolute Gasteiger partial charge is 0.125 e. The lowest BCUT2D eigenvalue weighted by molar-refractivity contribution is 0.00890. The molecular formula is C16H23FN2O. The van der Waals surface area contributed by atoms with Crippen molar-refractivity contribution in [2.24, 2.45) is 11.7 Å².